The molecule has 1 aromatic carbocycles. The van der Waals surface area contributed by atoms with E-state index < -0.39 is 157 Å². The van der Waals surface area contributed by atoms with Crippen LogP contribution in [-0.4, -0.2) is 160 Å². The summed E-state index contributed by atoms with van der Waals surface area (Å²) in [5.41, 5.74) is 22.3. The minimum Gasteiger partial charge on any atom is -0.508 e. The number of amides is 12. The van der Waals surface area contributed by atoms with E-state index in [1.54, 1.807) is 27.7 Å². The summed E-state index contributed by atoms with van der Waals surface area (Å²) in [6, 6.07) is -5.07. The van der Waals surface area contributed by atoms with Gasteiger partial charge in [0.25, 0.3) is 0 Å². The molecule has 1 saturated heterocycles. The monoisotopic (exact) mass is 1070 g/mol. The van der Waals surface area contributed by atoms with Gasteiger partial charge in [-0.3, -0.25) is 57.5 Å². The van der Waals surface area contributed by atoms with E-state index in [0.717, 1.165) is 0 Å². The molecule has 0 radical (unpaired) electrons. The second-order valence-corrected chi connectivity index (χ2v) is 18.7. The summed E-state index contributed by atoms with van der Waals surface area (Å²) in [5, 5.41) is 29.5. The van der Waals surface area contributed by atoms with Crippen molar-refractivity contribution in [2.24, 2.45) is 34.8 Å². The molecule has 1 fully saturated rings. The van der Waals surface area contributed by atoms with Crippen LogP contribution in [0.1, 0.15) is 78.2 Å². The van der Waals surface area contributed by atoms with Gasteiger partial charge in [0.15, 0.2) is 0 Å². The fraction of sp³-hybridized carbons (Fsp3) is 0.600. The third-order valence-electron chi connectivity index (χ3n) is 11.5. The first-order valence-corrected chi connectivity index (χ1v) is 24.9. The summed E-state index contributed by atoms with van der Waals surface area (Å²) in [6.45, 7) is 6.02. The van der Waals surface area contributed by atoms with E-state index in [2.05, 4.69) is 67.8 Å². The first kappa shape index (κ1) is 62.4. The Labute approximate surface area is 433 Å². The normalized spacial score (nSPS) is 16.4. The first-order chi connectivity index (χ1) is 34.3. The van der Waals surface area contributed by atoms with E-state index >= 15 is 0 Å². The fourth-order valence-electron chi connectivity index (χ4n) is 7.36. The Hall–Kier alpha value is -6.68. The number of phenolic OH excluding ortho intramolecular Hbond substituents is 1. The van der Waals surface area contributed by atoms with Crippen LogP contribution in [0.2, 0.25) is 0 Å². The van der Waals surface area contributed by atoms with Crippen molar-refractivity contribution < 1.29 is 62.6 Å². The van der Waals surface area contributed by atoms with Crippen LogP contribution >= 0.6 is 25.3 Å². The zero-order chi connectivity index (χ0) is 55.1. The van der Waals surface area contributed by atoms with E-state index in [1.807, 2.05) is 0 Å². The van der Waals surface area contributed by atoms with Crippen LogP contribution in [0.25, 0.3) is 0 Å². The smallest absolute Gasteiger partial charge is 0.246 e. The molecule has 2 rings (SSSR count). The molecule has 1 aromatic rings. The lowest BCUT2D eigenvalue weighted by atomic mass is 9.96. The maximum atomic E-state index is 14.1. The van der Waals surface area contributed by atoms with Crippen LogP contribution in [0.5, 0.6) is 5.75 Å². The number of primary amides is 3. The Morgan fingerprint density at radius 2 is 1.26 bits per heavy atom. The van der Waals surface area contributed by atoms with E-state index in [-0.39, 0.29) is 49.0 Å². The Bertz CT molecular complexity index is 2150. The summed E-state index contributed by atoms with van der Waals surface area (Å²) in [5.74, 6) is -11.5. The second kappa shape index (κ2) is 31.0. The average molecular weight is 1070 g/mol. The van der Waals surface area contributed by atoms with Crippen molar-refractivity contribution in [3.63, 3.8) is 0 Å². The molecule has 0 saturated carbocycles. The lowest BCUT2D eigenvalue weighted by Gasteiger charge is -2.30. The maximum Gasteiger partial charge on any atom is 0.246 e. The molecule has 73 heavy (non-hydrogen) atoms. The predicted octanol–water partition coefficient (Wildman–Crippen LogP) is -5.03. The number of nitrogens with zero attached hydrogens (tertiary/aromatic N) is 1. The van der Waals surface area contributed by atoms with Crippen LogP contribution in [0.4, 0.5) is 0 Å². The van der Waals surface area contributed by atoms with Gasteiger partial charge in [-0.1, -0.05) is 46.2 Å². The summed E-state index contributed by atoms with van der Waals surface area (Å²) in [6.07, 6.45) is -0.845. The summed E-state index contributed by atoms with van der Waals surface area (Å²) in [4.78, 5) is 158. The average Bonchev–Trinajstić information content (AvgIpc) is 3.84. The molecule has 9 atom stereocenters. The van der Waals surface area contributed by atoms with Gasteiger partial charge < -0.3 is 75.5 Å². The van der Waals surface area contributed by atoms with Gasteiger partial charge in [0.05, 0.1) is 25.6 Å². The van der Waals surface area contributed by atoms with Gasteiger partial charge in [-0.15, -0.1) is 0 Å². The number of thiol groups is 2. The van der Waals surface area contributed by atoms with Crippen molar-refractivity contribution in [2.75, 3.05) is 31.1 Å². The predicted molar refractivity (Wildman–Crippen MR) is 270 cm³/mol. The highest BCUT2D eigenvalue weighted by molar-refractivity contribution is 7.80. The standard InChI is InChI=1S/C45H71N13O13S2/c1-5-23(4)37(57-42(68)29(53-38(64)26(46)20-72)16-24-8-10-25(59)11-9-24)44(70)52-27(12-13-33(47)60)40(66)54-30(17-34(48)61)41(67)56-31(21-73)45(71)58-14-6-7-32(58)43(69)55-28(15-22(2)3)39(65)51-19-36(63)50-18-35(49)62/h8-11,22-23,26-32,37,59,72-73H,5-7,12-21,46H2,1-4H3,(H2,47,60)(H2,48,61)(H2,49,62)(H,50,63)(H,51,65)(H,52,70)(H,53,64)(H,54,66)(H,55,69)(H,56,67)(H,57,68)/t23-,26-,27-,28-,29-,30-,31-,32-,37-/m0/s1. The quantitative estimate of drug-likeness (QED) is 0.0310. The van der Waals surface area contributed by atoms with Crippen molar-refractivity contribution in [2.45, 2.75) is 127 Å². The second-order valence-electron chi connectivity index (χ2n) is 18.0. The van der Waals surface area contributed by atoms with Gasteiger partial charge in [-0.05, 0) is 55.2 Å². The number of benzene rings is 1. The van der Waals surface area contributed by atoms with Crippen molar-refractivity contribution in [3.05, 3.63) is 29.8 Å². The van der Waals surface area contributed by atoms with Crippen LogP contribution in [-0.2, 0) is 64.0 Å². The SMILES string of the molecule is CC[C@H](C)[C@H](NC(=O)[C@H](Cc1ccc(O)cc1)NC(=O)[C@@H](N)CS)C(=O)N[C@@H](CCC(N)=O)C(=O)N[C@@H](CC(N)=O)C(=O)N[C@@H](CS)C(=O)N1CCC[C@H]1C(=O)N[C@@H](CC(C)C)C(=O)NCC(=O)NCC(N)=O. The van der Waals surface area contributed by atoms with Crippen LogP contribution in [0, 0.1) is 11.8 Å². The Kier molecular flexibility index (Phi) is 26.5. The minimum atomic E-state index is -1.78. The third-order valence-corrected chi connectivity index (χ3v) is 12.3. The van der Waals surface area contributed by atoms with Gasteiger partial charge in [-0.2, -0.15) is 25.3 Å². The van der Waals surface area contributed by atoms with Crippen LogP contribution in [0.15, 0.2) is 24.3 Å². The van der Waals surface area contributed by atoms with Crippen LogP contribution < -0.4 is 65.5 Å². The van der Waals surface area contributed by atoms with E-state index in [1.165, 1.54) is 29.2 Å². The van der Waals surface area contributed by atoms with E-state index in [4.69, 9.17) is 22.9 Å². The van der Waals surface area contributed by atoms with Crippen molar-refractivity contribution in [3.8, 4) is 5.75 Å². The molecular formula is C45H71N13O13S2. The van der Waals surface area contributed by atoms with Crippen molar-refractivity contribution >= 4 is 96.1 Å². The minimum absolute atomic E-state index is 0.0479. The molecule has 1 aliphatic rings. The fourth-order valence-corrected chi connectivity index (χ4v) is 7.78. The number of aromatic hydroxyl groups is 1. The largest absolute Gasteiger partial charge is 0.508 e. The molecule has 0 bridgehead atoms. The Balaban J connectivity index is 2.32. The summed E-state index contributed by atoms with van der Waals surface area (Å²) < 4.78 is 0. The van der Waals surface area contributed by atoms with E-state index in [9.17, 15) is 62.6 Å². The Morgan fingerprint density at radius 3 is 1.82 bits per heavy atom. The van der Waals surface area contributed by atoms with Gasteiger partial charge in [-0.25, -0.2) is 0 Å². The lowest BCUT2D eigenvalue weighted by Crippen LogP contribution is -2.61. The van der Waals surface area contributed by atoms with Gasteiger partial charge in [0, 0.05) is 30.9 Å². The van der Waals surface area contributed by atoms with Crippen molar-refractivity contribution in [1.29, 1.82) is 0 Å². The zero-order valence-corrected chi connectivity index (χ0v) is 43.1. The summed E-state index contributed by atoms with van der Waals surface area (Å²) in [7, 11) is 0. The number of phenols is 1. The van der Waals surface area contributed by atoms with E-state index in [0.29, 0.717) is 18.4 Å². The molecule has 1 aliphatic heterocycles. The third kappa shape index (κ3) is 21.5. The Morgan fingerprint density at radius 1 is 0.671 bits per heavy atom. The number of carbonyl (C=O) groups excluding carboxylic acids is 12. The maximum absolute atomic E-state index is 14.1. The van der Waals surface area contributed by atoms with Crippen LogP contribution in [0.3, 0.4) is 0 Å². The lowest BCUT2D eigenvalue weighted by molar-refractivity contribution is -0.142. The number of nitrogens with two attached hydrogens (primary N) is 4. The van der Waals surface area contributed by atoms with Gasteiger partial charge in [0.1, 0.15) is 48.0 Å². The number of rotatable bonds is 31. The summed E-state index contributed by atoms with van der Waals surface area (Å²) >= 11 is 8.29. The van der Waals surface area contributed by atoms with Gasteiger partial charge >= 0.3 is 0 Å². The van der Waals surface area contributed by atoms with Gasteiger partial charge in [0.2, 0.25) is 70.9 Å². The number of hydrogen-bond acceptors (Lipinski definition) is 16. The zero-order valence-electron chi connectivity index (χ0n) is 41.3. The molecule has 12 amide bonds. The molecule has 26 nitrogen and oxygen atoms in total. The molecular weight excluding hydrogens is 995 g/mol. The molecule has 0 aromatic heterocycles. The highest BCUT2D eigenvalue weighted by atomic mass is 32.1. The molecule has 0 unspecified atom stereocenters. The first-order valence-electron chi connectivity index (χ1n) is 23.6. The molecule has 17 N–H and O–H groups in total. The molecule has 406 valence electrons. The number of nitrogens with one attached hydrogen (secondary N) is 8. The highest BCUT2D eigenvalue weighted by Crippen LogP contribution is 2.20. The molecule has 0 aliphatic carbocycles. The topological polar surface area (TPSA) is 429 Å². The highest BCUT2D eigenvalue weighted by Gasteiger charge is 2.40. The number of likely N-dealkylation sites (tertiary alicyclic amines) is 1. The molecule has 0 spiro atoms. The number of hydrogen-bond donors (Lipinski definition) is 15. The molecule has 1 heterocycles. The molecule has 28 heteroatoms. The van der Waals surface area contributed by atoms with Crippen molar-refractivity contribution in [1.82, 2.24) is 47.4 Å². The number of carbonyl (C=O) groups is 12.